The summed E-state index contributed by atoms with van der Waals surface area (Å²) < 4.78 is 1.87. The standard InChI is InChI=1S/C17H27N3O2/c1-16(2,3)14-12(8-19(4)18-14)9-20-10-13-6-5-7-17(13,11-20)15(21)22/h8,13H,5-7,9-11H2,1-4H3,(H,21,22)/t13-,17+/m0/s1. The average Bonchev–Trinajstić information content (AvgIpc) is 3.00. The zero-order valence-corrected chi connectivity index (χ0v) is 14.1. The Morgan fingerprint density at radius 2 is 2.23 bits per heavy atom. The fraction of sp³-hybridized carbons (Fsp3) is 0.765. The van der Waals surface area contributed by atoms with Crippen LogP contribution in [0.1, 0.15) is 51.3 Å². The highest BCUT2D eigenvalue weighted by Gasteiger charge is 2.54. The third-order valence-electron chi connectivity index (χ3n) is 5.38. The molecule has 3 rings (SSSR count). The summed E-state index contributed by atoms with van der Waals surface area (Å²) >= 11 is 0. The first-order valence-electron chi connectivity index (χ1n) is 8.21. The molecule has 1 N–H and O–H groups in total. The van der Waals surface area contributed by atoms with Gasteiger partial charge in [-0.15, -0.1) is 0 Å². The van der Waals surface area contributed by atoms with Gasteiger partial charge in [0.25, 0.3) is 0 Å². The van der Waals surface area contributed by atoms with Crippen LogP contribution in [0, 0.1) is 11.3 Å². The molecule has 0 unspecified atom stereocenters. The summed E-state index contributed by atoms with van der Waals surface area (Å²) in [5.74, 6) is -0.278. The molecule has 1 saturated heterocycles. The highest BCUT2D eigenvalue weighted by molar-refractivity contribution is 5.76. The Bertz CT molecular complexity index is 587. The van der Waals surface area contributed by atoms with Gasteiger partial charge in [-0.3, -0.25) is 14.4 Å². The van der Waals surface area contributed by atoms with Crippen LogP contribution in [0.15, 0.2) is 6.20 Å². The summed E-state index contributed by atoms with van der Waals surface area (Å²) in [5, 5.41) is 14.3. The van der Waals surface area contributed by atoms with Gasteiger partial charge in [0.15, 0.2) is 0 Å². The summed E-state index contributed by atoms with van der Waals surface area (Å²) in [7, 11) is 1.95. The molecule has 22 heavy (non-hydrogen) atoms. The fourth-order valence-corrected chi connectivity index (χ4v) is 4.39. The third-order valence-corrected chi connectivity index (χ3v) is 5.38. The van der Waals surface area contributed by atoms with Crippen molar-refractivity contribution in [3.63, 3.8) is 0 Å². The van der Waals surface area contributed by atoms with E-state index in [-0.39, 0.29) is 5.41 Å². The van der Waals surface area contributed by atoms with E-state index in [1.54, 1.807) is 0 Å². The van der Waals surface area contributed by atoms with Crippen LogP contribution in [0.5, 0.6) is 0 Å². The Morgan fingerprint density at radius 1 is 1.50 bits per heavy atom. The third kappa shape index (κ3) is 2.45. The lowest BCUT2D eigenvalue weighted by atomic mass is 9.81. The van der Waals surface area contributed by atoms with Gasteiger partial charge in [-0.2, -0.15) is 5.10 Å². The van der Waals surface area contributed by atoms with Crippen molar-refractivity contribution < 1.29 is 9.90 Å². The average molecular weight is 305 g/mol. The van der Waals surface area contributed by atoms with E-state index in [0.29, 0.717) is 12.5 Å². The predicted octanol–water partition coefficient (Wildman–Crippen LogP) is 2.40. The van der Waals surface area contributed by atoms with Crippen molar-refractivity contribution in [1.29, 1.82) is 0 Å². The van der Waals surface area contributed by atoms with Crippen LogP contribution in [0.4, 0.5) is 0 Å². The SMILES string of the molecule is Cn1cc(CN2C[C@@H]3CCC[C@@]3(C(=O)O)C2)c(C(C)(C)C)n1. The van der Waals surface area contributed by atoms with E-state index >= 15 is 0 Å². The first-order valence-corrected chi connectivity index (χ1v) is 8.21. The lowest BCUT2D eigenvalue weighted by Gasteiger charge is -2.24. The van der Waals surface area contributed by atoms with Gasteiger partial charge < -0.3 is 5.11 Å². The minimum absolute atomic E-state index is 0.0106. The first kappa shape index (κ1) is 15.5. The molecule has 0 amide bonds. The lowest BCUT2D eigenvalue weighted by molar-refractivity contribution is -0.149. The van der Waals surface area contributed by atoms with Gasteiger partial charge in [0.05, 0.1) is 11.1 Å². The number of likely N-dealkylation sites (tertiary alicyclic amines) is 1. The maximum absolute atomic E-state index is 11.8. The summed E-state index contributed by atoms with van der Waals surface area (Å²) in [6.07, 6.45) is 5.04. The molecule has 0 spiro atoms. The van der Waals surface area contributed by atoms with Crippen molar-refractivity contribution in [2.45, 2.75) is 52.0 Å². The molecule has 1 saturated carbocycles. The molecule has 5 heteroatoms. The predicted molar refractivity (Wildman–Crippen MR) is 84.6 cm³/mol. The van der Waals surface area contributed by atoms with Crippen molar-refractivity contribution in [2.24, 2.45) is 18.4 Å². The van der Waals surface area contributed by atoms with Crippen LogP contribution in [0.2, 0.25) is 0 Å². The topological polar surface area (TPSA) is 58.4 Å². The molecule has 1 aliphatic carbocycles. The van der Waals surface area contributed by atoms with Gasteiger partial charge in [-0.25, -0.2) is 0 Å². The summed E-state index contributed by atoms with van der Waals surface area (Å²) in [5.41, 5.74) is 1.87. The van der Waals surface area contributed by atoms with Crippen LogP contribution in [-0.2, 0) is 23.8 Å². The number of aromatic nitrogens is 2. The first-order chi connectivity index (χ1) is 10.2. The number of nitrogens with zero attached hydrogens (tertiary/aromatic N) is 3. The van der Waals surface area contributed by atoms with Crippen molar-refractivity contribution in [1.82, 2.24) is 14.7 Å². The molecule has 0 aromatic carbocycles. The number of carbonyl (C=O) groups is 1. The molecule has 1 aromatic heterocycles. The Morgan fingerprint density at radius 3 is 2.82 bits per heavy atom. The molecule has 0 bridgehead atoms. The Kier molecular flexibility index (Phi) is 3.59. The number of carboxylic acid groups (broad SMARTS) is 1. The minimum Gasteiger partial charge on any atom is -0.481 e. The monoisotopic (exact) mass is 305 g/mol. The van der Waals surface area contributed by atoms with E-state index in [4.69, 9.17) is 0 Å². The molecule has 5 nitrogen and oxygen atoms in total. The van der Waals surface area contributed by atoms with Crippen molar-refractivity contribution >= 4 is 5.97 Å². The fourth-order valence-electron chi connectivity index (χ4n) is 4.39. The second kappa shape index (κ2) is 5.08. The Labute approximate surface area is 132 Å². The Balaban J connectivity index is 1.80. The van der Waals surface area contributed by atoms with Crippen molar-refractivity contribution in [3.05, 3.63) is 17.5 Å². The van der Waals surface area contributed by atoms with Gasteiger partial charge >= 0.3 is 5.97 Å². The maximum atomic E-state index is 11.8. The number of hydrogen-bond donors (Lipinski definition) is 1. The number of aliphatic carboxylic acids is 1. The molecule has 2 atom stereocenters. The molecule has 2 fully saturated rings. The van der Waals surface area contributed by atoms with Crippen LogP contribution < -0.4 is 0 Å². The van der Waals surface area contributed by atoms with Gasteiger partial charge in [-0.1, -0.05) is 27.2 Å². The molecular weight excluding hydrogens is 278 g/mol. The Hall–Kier alpha value is -1.36. The summed E-state index contributed by atoms with van der Waals surface area (Å²) in [6.45, 7) is 8.94. The van der Waals surface area contributed by atoms with E-state index in [1.807, 2.05) is 11.7 Å². The van der Waals surface area contributed by atoms with Gasteiger partial charge in [0, 0.05) is 43.9 Å². The smallest absolute Gasteiger partial charge is 0.311 e. The minimum atomic E-state index is -0.597. The van der Waals surface area contributed by atoms with E-state index in [1.165, 1.54) is 5.56 Å². The van der Waals surface area contributed by atoms with E-state index in [2.05, 4.69) is 37.0 Å². The van der Waals surface area contributed by atoms with Gasteiger partial charge in [-0.05, 0) is 18.8 Å². The zero-order valence-electron chi connectivity index (χ0n) is 14.1. The van der Waals surface area contributed by atoms with Crippen LogP contribution >= 0.6 is 0 Å². The van der Waals surface area contributed by atoms with E-state index < -0.39 is 11.4 Å². The summed E-state index contributed by atoms with van der Waals surface area (Å²) in [6, 6.07) is 0. The normalized spacial score (nSPS) is 29.0. The zero-order chi connectivity index (χ0) is 16.1. The molecular formula is C17H27N3O2. The van der Waals surface area contributed by atoms with Gasteiger partial charge in [0.2, 0.25) is 0 Å². The second-order valence-electron chi connectivity index (χ2n) is 8.15. The molecule has 0 radical (unpaired) electrons. The number of rotatable bonds is 3. The quantitative estimate of drug-likeness (QED) is 0.931. The number of fused-ring (bicyclic) bond motifs is 1. The maximum Gasteiger partial charge on any atom is 0.311 e. The second-order valence-corrected chi connectivity index (χ2v) is 8.15. The number of aryl methyl sites for hydroxylation is 1. The van der Waals surface area contributed by atoms with Crippen molar-refractivity contribution in [2.75, 3.05) is 13.1 Å². The van der Waals surface area contributed by atoms with Gasteiger partial charge in [0.1, 0.15) is 0 Å². The number of carboxylic acids is 1. The van der Waals surface area contributed by atoms with E-state index in [0.717, 1.165) is 38.0 Å². The van der Waals surface area contributed by atoms with Crippen LogP contribution in [-0.4, -0.2) is 38.8 Å². The summed E-state index contributed by atoms with van der Waals surface area (Å²) in [4.78, 5) is 14.1. The van der Waals surface area contributed by atoms with Crippen LogP contribution in [0.25, 0.3) is 0 Å². The van der Waals surface area contributed by atoms with Crippen LogP contribution in [0.3, 0.4) is 0 Å². The molecule has 1 aromatic rings. The van der Waals surface area contributed by atoms with Crippen molar-refractivity contribution in [3.8, 4) is 0 Å². The number of hydrogen-bond acceptors (Lipinski definition) is 3. The molecule has 2 aliphatic rings. The highest BCUT2D eigenvalue weighted by atomic mass is 16.4. The molecule has 122 valence electrons. The molecule has 1 aliphatic heterocycles. The van der Waals surface area contributed by atoms with E-state index in [9.17, 15) is 9.90 Å². The highest BCUT2D eigenvalue weighted by Crippen LogP contribution is 2.49. The largest absolute Gasteiger partial charge is 0.481 e. The molecule has 2 heterocycles. The lowest BCUT2D eigenvalue weighted by Crippen LogP contribution is -2.35.